The van der Waals surface area contributed by atoms with Gasteiger partial charge in [-0.3, -0.25) is 9.69 Å². The van der Waals surface area contributed by atoms with E-state index in [1.54, 1.807) is 0 Å². The van der Waals surface area contributed by atoms with Gasteiger partial charge < -0.3 is 14.2 Å². The molecule has 186 valence electrons. The fraction of sp³-hybridized carbons (Fsp3) is 0.750. The number of fused-ring (bicyclic) bond motifs is 2. The summed E-state index contributed by atoms with van der Waals surface area (Å²) in [5, 5.41) is 0. The van der Waals surface area contributed by atoms with E-state index in [9.17, 15) is 4.79 Å². The molecular weight excluding hydrogens is 414 g/mol. The maximum absolute atomic E-state index is 12.7. The van der Waals surface area contributed by atoms with Crippen molar-refractivity contribution in [1.82, 2.24) is 4.90 Å². The molecule has 2 aliphatic heterocycles. The largest absolute Gasteiger partial charge is 0.493 e. The number of esters is 1. The van der Waals surface area contributed by atoms with Gasteiger partial charge in [-0.05, 0) is 65.6 Å². The summed E-state index contributed by atoms with van der Waals surface area (Å²) < 4.78 is 17.8. The van der Waals surface area contributed by atoms with Crippen LogP contribution in [-0.4, -0.2) is 48.8 Å². The van der Waals surface area contributed by atoms with Crippen LogP contribution in [0.4, 0.5) is 0 Å². The number of piperidine rings is 1. The molecule has 0 aliphatic carbocycles. The number of hydrogen-bond donors (Lipinski definition) is 0. The van der Waals surface area contributed by atoms with Crippen LogP contribution < -0.4 is 9.47 Å². The molecule has 2 heterocycles. The summed E-state index contributed by atoms with van der Waals surface area (Å²) in [5.74, 6) is 1.78. The Morgan fingerprint density at radius 2 is 1.79 bits per heavy atom. The van der Waals surface area contributed by atoms with Crippen molar-refractivity contribution in [3.63, 3.8) is 0 Å². The lowest BCUT2D eigenvalue weighted by molar-refractivity contribution is -0.162. The van der Waals surface area contributed by atoms with Crippen LogP contribution in [0.1, 0.15) is 98.0 Å². The van der Waals surface area contributed by atoms with Crippen molar-refractivity contribution in [2.75, 3.05) is 26.3 Å². The number of carbonyl (C=O) groups excluding carboxylic acids is 1. The summed E-state index contributed by atoms with van der Waals surface area (Å²) in [5.41, 5.74) is 0.907. The lowest BCUT2D eigenvalue weighted by Crippen LogP contribution is -2.51. The number of likely N-dealkylation sites (tertiary alicyclic amines) is 1. The van der Waals surface area contributed by atoms with E-state index in [2.05, 4.69) is 36.9 Å². The summed E-state index contributed by atoms with van der Waals surface area (Å²) in [6.45, 7) is 13.4. The molecule has 1 aromatic carbocycles. The van der Waals surface area contributed by atoms with Gasteiger partial charge in [0.15, 0.2) is 0 Å². The van der Waals surface area contributed by atoms with Gasteiger partial charge >= 0.3 is 5.97 Å². The van der Waals surface area contributed by atoms with E-state index in [1.165, 1.54) is 37.7 Å². The fourth-order valence-electron chi connectivity index (χ4n) is 5.14. The number of rotatable bonds is 11. The second-order valence-corrected chi connectivity index (χ2v) is 10.8. The minimum Gasteiger partial charge on any atom is -0.493 e. The smallest absolute Gasteiger partial charge is 0.323 e. The Hall–Kier alpha value is -1.75. The number of benzene rings is 1. The summed E-state index contributed by atoms with van der Waals surface area (Å²) in [6, 6.07) is 6.22. The van der Waals surface area contributed by atoms with Crippen molar-refractivity contribution in [1.29, 1.82) is 0 Å². The highest BCUT2D eigenvalue weighted by atomic mass is 16.6. The van der Waals surface area contributed by atoms with Gasteiger partial charge in [0.2, 0.25) is 0 Å². The number of nitrogens with zero attached hydrogens (tertiary/aromatic N) is 1. The van der Waals surface area contributed by atoms with Gasteiger partial charge in [-0.15, -0.1) is 0 Å². The van der Waals surface area contributed by atoms with Crippen LogP contribution in [0.2, 0.25) is 0 Å². The fourth-order valence-corrected chi connectivity index (χ4v) is 5.14. The topological polar surface area (TPSA) is 48.0 Å². The van der Waals surface area contributed by atoms with Crippen molar-refractivity contribution < 1.29 is 19.0 Å². The normalized spacial score (nSPS) is 18.6. The minimum absolute atomic E-state index is 0.0515. The van der Waals surface area contributed by atoms with Crippen LogP contribution in [-0.2, 0) is 14.9 Å². The molecule has 1 aromatic rings. The highest BCUT2D eigenvalue weighted by molar-refractivity contribution is 5.76. The van der Waals surface area contributed by atoms with Crippen molar-refractivity contribution in [2.45, 2.75) is 109 Å². The van der Waals surface area contributed by atoms with Gasteiger partial charge in [0.1, 0.15) is 23.1 Å². The molecule has 0 N–H and O–H groups in total. The molecule has 0 aromatic heterocycles. The first kappa shape index (κ1) is 25.9. The van der Waals surface area contributed by atoms with Crippen LogP contribution in [0.15, 0.2) is 18.2 Å². The summed E-state index contributed by atoms with van der Waals surface area (Å²) in [4.78, 5) is 15.0. The number of ether oxygens (including phenoxy) is 3. The monoisotopic (exact) mass is 459 g/mol. The SMILES string of the molecule is CCCCCCCCOc1ccc2c(c1)OCC21CCN(C(CC)C(=O)OC(C)(C)C)CC1. The number of carbonyl (C=O) groups is 1. The lowest BCUT2D eigenvalue weighted by atomic mass is 9.74. The molecule has 1 unspecified atom stereocenters. The Morgan fingerprint density at radius 3 is 2.45 bits per heavy atom. The third kappa shape index (κ3) is 6.88. The molecule has 3 rings (SSSR count). The molecule has 0 radical (unpaired) electrons. The number of unbranched alkanes of at least 4 members (excludes halogenated alkanes) is 5. The Morgan fingerprint density at radius 1 is 1.09 bits per heavy atom. The highest BCUT2D eigenvalue weighted by Gasteiger charge is 2.45. The molecule has 33 heavy (non-hydrogen) atoms. The summed E-state index contributed by atoms with van der Waals surface area (Å²) >= 11 is 0. The molecule has 0 amide bonds. The van der Waals surface area contributed by atoms with E-state index in [-0.39, 0.29) is 17.4 Å². The van der Waals surface area contributed by atoms with Crippen molar-refractivity contribution in [2.24, 2.45) is 0 Å². The predicted molar refractivity (Wildman–Crippen MR) is 133 cm³/mol. The zero-order chi connectivity index (χ0) is 23.9. The van der Waals surface area contributed by atoms with Crippen LogP contribution in [0, 0.1) is 0 Å². The zero-order valence-corrected chi connectivity index (χ0v) is 21.6. The lowest BCUT2D eigenvalue weighted by Gasteiger charge is -2.41. The van der Waals surface area contributed by atoms with Crippen LogP contribution in [0.25, 0.3) is 0 Å². The standard InChI is InChI=1S/C28H45NO4/c1-6-8-9-10-11-12-19-31-22-13-14-23-25(20-22)32-21-28(23)15-17-29(18-16-28)24(7-2)26(30)33-27(3,4)5/h13-14,20,24H,6-12,15-19,21H2,1-5H3. The zero-order valence-electron chi connectivity index (χ0n) is 21.6. The Kier molecular flexibility index (Phi) is 9.09. The van der Waals surface area contributed by atoms with Crippen molar-refractivity contribution >= 4 is 5.97 Å². The third-order valence-corrected chi connectivity index (χ3v) is 7.06. The Balaban J connectivity index is 1.52. The third-order valence-electron chi connectivity index (χ3n) is 7.06. The molecular formula is C28H45NO4. The van der Waals surface area contributed by atoms with E-state index in [4.69, 9.17) is 14.2 Å². The molecule has 2 aliphatic rings. The van der Waals surface area contributed by atoms with Gasteiger partial charge in [0, 0.05) is 17.0 Å². The van der Waals surface area contributed by atoms with Gasteiger partial charge in [-0.1, -0.05) is 52.0 Å². The highest BCUT2D eigenvalue weighted by Crippen LogP contribution is 2.47. The van der Waals surface area contributed by atoms with E-state index in [1.807, 2.05) is 20.8 Å². The first-order valence-corrected chi connectivity index (χ1v) is 13.1. The molecule has 1 spiro atoms. The Bertz CT molecular complexity index is 762. The Labute approximate surface area is 201 Å². The molecule has 1 atom stereocenters. The second kappa shape index (κ2) is 11.6. The van der Waals surface area contributed by atoms with Gasteiger partial charge in [-0.2, -0.15) is 0 Å². The van der Waals surface area contributed by atoms with Gasteiger partial charge in [0.05, 0.1) is 13.2 Å². The van der Waals surface area contributed by atoms with E-state index >= 15 is 0 Å². The molecule has 1 fully saturated rings. The first-order valence-electron chi connectivity index (χ1n) is 13.1. The molecule has 0 bridgehead atoms. The summed E-state index contributed by atoms with van der Waals surface area (Å²) in [7, 11) is 0. The maximum atomic E-state index is 12.7. The van der Waals surface area contributed by atoms with Crippen molar-refractivity contribution in [3.8, 4) is 11.5 Å². The van der Waals surface area contributed by atoms with Crippen LogP contribution in [0.5, 0.6) is 11.5 Å². The van der Waals surface area contributed by atoms with E-state index in [0.29, 0.717) is 0 Å². The molecule has 0 saturated carbocycles. The minimum atomic E-state index is -0.450. The average Bonchev–Trinajstić information content (AvgIpc) is 3.11. The average molecular weight is 460 g/mol. The molecule has 5 heteroatoms. The quantitative estimate of drug-likeness (QED) is 0.288. The summed E-state index contributed by atoms with van der Waals surface area (Å²) in [6.07, 6.45) is 10.4. The first-order chi connectivity index (χ1) is 15.8. The molecule has 5 nitrogen and oxygen atoms in total. The van der Waals surface area contributed by atoms with E-state index < -0.39 is 5.60 Å². The second-order valence-electron chi connectivity index (χ2n) is 10.8. The number of hydrogen-bond acceptors (Lipinski definition) is 5. The van der Waals surface area contributed by atoms with E-state index in [0.717, 1.165) is 63.5 Å². The van der Waals surface area contributed by atoms with Crippen LogP contribution in [0.3, 0.4) is 0 Å². The molecule has 1 saturated heterocycles. The van der Waals surface area contributed by atoms with Gasteiger partial charge in [-0.25, -0.2) is 0 Å². The predicted octanol–water partition coefficient (Wildman–Crippen LogP) is 6.27. The van der Waals surface area contributed by atoms with Crippen molar-refractivity contribution in [3.05, 3.63) is 23.8 Å². The van der Waals surface area contributed by atoms with Gasteiger partial charge in [0.25, 0.3) is 0 Å². The van der Waals surface area contributed by atoms with Crippen LogP contribution >= 0.6 is 0 Å². The maximum Gasteiger partial charge on any atom is 0.323 e.